The van der Waals surface area contributed by atoms with Crippen LogP contribution in [-0.2, 0) is 29.0 Å². The second kappa shape index (κ2) is 8.22. The quantitative estimate of drug-likeness (QED) is 0.666. The first kappa shape index (κ1) is 20.6. The minimum absolute atomic E-state index is 0.202. The lowest BCUT2D eigenvalue weighted by atomic mass is 10.0. The van der Waals surface area contributed by atoms with Crippen molar-refractivity contribution in [2.24, 2.45) is 0 Å². The zero-order valence-electron chi connectivity index (χ0n) is 16.7. The van der Waals surface area contributed by atoms with Gasteiger partial charge in [0.05, 0.1) is 24.7 Å². The van der Waals surface area contributed by atoms with Crippen LogP contribution in [0.4, 0.5) is 5.69 Å². The number of carbonyl (C=O) groups is 1. The van der Waals surface area contributed by atoms with Crippen molar-refractivity contribution in [3.63, 3.8) is 0 Å². The molecule has 29 heavy (non-hydrogen) atoms. The molecule has 1 aromatic rings. The number of sulfonamides is 1. The van der Waals surface area contributed by atoms with Crippen LogP contribution in [0.2, 0.25) is 0 Å². The number of esters is 1. The molecule has 1 atom stereocenters. The Labute approximate surface area is 171 Å². The largest absolute Gasteiger partial charge is 0.465 e. The highest BCUT2D eigenvalue weighted by Crippen LogP contribution is 2.34. The zero-order valence-corrected chi connectivity index (χ0v) is 17.5. The van der Waals surface area contributed by atoms with E-state index in [0.717, 1.165) is 31.6 Å². The molecule has 8 nitrogen and oxygen atoms in total. The number of hydrogen-bond donors (Lipinski definition) is 0. The molecule has 9 heteroatoms. The van der Waals surface area contributed by atoms with Gasteiger partial charge in [0.1, 0.15) is 6.04 Å². The number of piperidine rings is 1. The highest BCUT2D eigenvalue weighted by molar-refractivity contribution is 7.89. The second-order valence-corrected chi connectivity index (χ2v) is 9.50. The van der Waals surface area contributed by atoms with E-state index in [4.69, 9.17) is 14.2 Å². The number of rotatable bonds is 5. The summed E-state index contributed by atoms with van der Waals surface area (Å²) >= 11 is 0. The second-order valence-electron chi connectivity index (χ2n) is 7.61. The zero-order chi connectivity index (χ0) is 20.5. The Morgan fingerprint density at radius 3 is 2.41 bits per heavy atom. The van der Waals surface area contributed by atoms with Crippen LogP contribution >= 0.6 is 0 Å². The van der Waals surface area contributed by atoms with Gasteiger partial charge in [0.25, 0.3) is 0 Å². The first-order chi connectivity index (χ1) is 14.0. The Bertz CT molecular complexity index is 825. The molecule has 3 saturated heterocycles. The summed E-state index contributed by atoms with van der Waals surface area (Å²) in [5, 5.41) is 0. The van der Waals surface area contributed by atoms with Gasteiger partial charge in [-0.15, -0.1) is 0 Å². The van der Waals surface area contributed by atoms with Crippen molar-refractivity contribution in [3.8, 4) is 0 Å². The molecule has 3 aliphatic rings. The fourth-order valence-corrected chi connectivity index (χ4v) is 6.00. The molecule has 1 aromatic carbocycles. The van der Waals surface area contributed by atoms with Gasteiger partial charge < -0.3 is 19.1 Å². The lowest BCUT2D eigenvalue weighted by Gasteiger charge is -2.38. The fraction of sp³-hybridized carbons (Fsp3) is 0.650. The molecule has 3 aliphatic heterocycles. The van der Waals surface area contributed by atoms with E-state index in [1.807, 2.05) is 12.1 Å². The molecule has 0 N–H and O–H groups in total. The van der Waals surface area contributed by atoms with E-state index < -0.39 is 27.8 Å². The van der Waals surface area contributed by atoms with Crippen molar-refractivity contribution in [3.05, 3.63) is 24.3 Å². The van der Waals surface area contributed by atoms with Gasteiger partial charge in [-0.1, -0.05) is 0 Å². The Balaban J connectivity index is 1.45. The molecule has 1 spiro atoms. The summed E-state index contributed by atoms with van der Waals surface area (Å²) in [6.45, 7) is 5.18. The normalized spacial score (nSPS) is 24.9. The van der Waals surface area contributed by atoms with Crippen LogP contribution in [0.15, 0.2) is 29.2 Å². The van der Waals surface area contributed by atoms with Crippen molar-refractivity contribution in [2.75, 3.05) is 44.4 Å². The van der Waals surface area contributed by atoms with Crippen LogP contribution < -0.4 is 4.90 Å². The minimum Gasteiger partial charge on any atom is -0.465 e. The molecule has 160 valence electrons. The molecule has 0 aliphatic carbocycles. The molecule has 3 fully saturated rings. The summed E-state index contributed by atoms with van der Waals surface area (Å²) in [6, 6.07) is 6.17. The predicted octanol–water partition coefficient (Wildman–Crippen LogP) is 1.75. The highest BCUT2D eigenvalue weighted by atomic mass is 32.2. The standard InChI is InChI=1S/C20H28N2O6S/c1-2-26-19(23)18-4-3-11-22(18)29(24,25)17-7-5-16(6-8-17)21-12-9-20(10-13-21)27-14-15-28-20/h5-8,18H,2-4,9-15H2,1H3/t18-/m0/s1. The fourth-order valence-electron chi connectivity index (χ4n) is 4.36. The van der Waals surface area contributed by atoms with E-state index in [1.165, 1.54) is 4.31 Å². The molecule has 0 bridgehead atoms. The average Bonchev–Trinajstić information content (AvgIpc) is 3.39. The molecule has 0 amide bonds. The van der Waals surface area contributed by atoms with Crippen LogP contribution in [0.25, 0.3) is 0 Å². The summed E-state index contributed by atoms with van der Waals surface area (Å²) in [6.07, 6.45) is 2.74. The van der Waals surface area contributed by atoms with Gasteiger partial charge in [-0.05, 0) is 44.0 Å². The molecule has 3 heterocycles. The number of ether oxygens (including phenoxy) is 3. The first-order valence-corrected chi connectivity index (χ1v) is 11.7. The minimum atomic E-state index is -3.74. The van der Waals surface area contributed by atoms with Crippen molar-refractivity contribution in [1.82, 2.24) is 4.31 Å². The predicted molar refractivity (Wildman–Crippen MR) is 106 cm³/mol. The van der Waals surface area contributed by atoms with E-state index in [-0.39, 0.29) is 11.5 Å². The maximum absolute atomic E-state index is 13.1. The van der Waals surface area contributed by atoms with E-state index in [1.54, 1.807) is 19.1 Å². The van der Waals surface area contributed by atoms with E-state index in [0.29, 0.717) is 32.6 Å². The third kappa shape index (κ3) is 4.01. The smallest absolute Gasteiger partial charge is 0.324 e. The third-order valence-electron chi connectivity index (χ3n) is 5.91. The molecule has 0 unspecified atom stereocenters. The molecular weight excluding hydrogens is 396 g/mol. The Kier molecular flexibility index (Phi) is 5.83. The summed E-state index contributed by atoms with van der Waals surface area (Å²) in [7, 11) is -3.74. The monoisotopic (exact) mass is 424 g/mol. The van der Waals surface area contributed by atoms with Gasteiger partial charge in [0.2, 0.25) is 10.0 Å². The van der Waals surface area contributed by atoms with Crippen LogP contribution in [0, 0.1) is 0 Å². The van der Waals surface area contributed by atoms with Crippen molar-refractivity contribution >= 4 is 21.7 Å². The van der Waals surface area contributed by atoms with Crippen molar-refractivity contribution in [1.29, 1.82) is 0 Å². The SMILES string of the molecule is CCOC(=O)[C@@H]1CCCN1S(=O)(=O)c1ccc(N2CCC3(CC2)OCCO3)cc1. The molecular formula is C20H28N2O6S. The number of anilines is 1. The summed E-state index contributed by atoms with van der Waals surface area (Å²) < 4.78 is 44.0. The van der Waals surface area contributed by atoms with Gasteiger partial charge in [0.15, 0.2) is 5.79 Å². The average molecular weight is 425 g/mol. The maximum atomic E-state index is 13.1. The Hall–Kier alpha value is -1.68. The lowest BCUT2D eigenvalue weighted by molar-refractivity contribution is -0.169. The maximum Gasteiger partial charge on any atom is 0.324 e. The van der Waals surface area contributed by atoms with E-state index >= 15 is 0 Å². The van der Waals surface area contributed by atoms with Crippen LogP contribution in [0.5, 0.6) is 0 Å². The van der Waals surface area contributed by atoms with Gasteiger partial charge in [-0.2, -0.15) is 4.31 Å². The summed E-state index contributed by atoms with van der Waals surface area (Å²) in [4.78, 5) is 14.6. The molecule has 4 rings (SSSR count). The van der Waals surface area contributed by atoms with Crippen molar-refractivity contribution in [2.45, 2.75) is 49.3 Å². The molecule has 0 saturated carbocycles. The van der Waals surface area contributed by atoms with Crippen LogP contribution in [0.1, 0.15) is 32.6 Å². The van der Waals surface area contributed by atoms with E-state index in [9.17, 15) is 13.2 Å². The number of hydrogen-bond acceptors (Lipinski definition) is 7. The Morgan fingerprint density at radius 2 is 1.79 bits per heavy atom. The number of nitrogens with zero attached hydrogens (tertiary/aromatic N) is 2. The number of benzene rings is 1. The molecule has 0 aromatic heterocycles. The van der Waals surface area contributed by atoms with Gasteiger partial charge in [0, 0.05) is 38.2 Å². The number of carbonyl (C=O) groups excluding carboxylic acids is 1. The third-order valence-corrected chi connectivity index (χ3v) is 7.83. The van der Waals surface area contributed by atoms with Gasteiger partial charge in [-0.3, -0.25) is 4.79 Å². The summed E-state index contributed by atoms with van der Waals surface area (Å²) in [5.74, 6) is -0.902. The topological polar surface area (TPSA) is 85.4 Å². The highest BCUT2D eigenvalue weighted by Gasteiger charge is 2.41. The van der Waals surface area contributed by atoms with E-state index in [2.05, 4.69) is 4.90 Å². The first-order valence-electron chi connectivity index (χ1n) is 10.3. The van der Waals surface area contributed by atoms with Crippen LogP contribution in [-0.4, -0.2) is 70.0 Å². The Morgan fingerprint density at radius 1 is 1.14 bits per heavy atom. The van der Waals surface area contributed by atoms with Gasteiger partial charge in [-0.25, -0.2) is 8.42 Å². The summed E-state index contributed by atoms with van der Waals surface area (Å²) in [5.41, 5.74) is 0.972. The van der Waals surface area contributed by atoms with Gasteiger partial charge >= 0.3 is 5.97 Å². The lowest BCUT2D eigenvalue weighted by Crippen LogP contribution is -2.45. The van der Waals surface area contributed by atoms with Crippen molar-refractivity contribution < 1.29 is 27.4 Å². The molecule has 0 radical (unpaired) electrons. The van der Waals surface area contributed by atoms with Crippen LogP contribution in [0.3, 0.4) is 0 Å².